The number of hydrogen-bond acceptors (Lipinski definition) is 4. The van der Waals surface area contributed by atoms with E-state index in [-0.39, 0.29) is 0 Å². The van der Waals surface area contributed by atoms with Crippen LogP contribution in [0.4, 0.5) is 11.6 Å². The van der Waals surface area contributed by atoms with Crippen LogP contribution in [0.3, 0.4) is 0 Å². The summed E-state index contributed by atoms with van der Waals surface area (Å²) < 4.78 is 0.962. The summed E-state index contributed by atoms with van der Waals surface area (Å²) in [5.74, 6) is 1.86. The van der Waals surface area contributed by atoms with Crippen LogP contribution >= 0.6 is 15.9 Å². The summed E-state index contributed by atoms with van der Waals surface area (Å²) in [7, 11) is 0. The molecule has 0 aliphatic carbocycles. The molecule has 17 heavy (non-hydrogen) atoms. The van der Waals surface area contributed by atoms with Gasteiger partial charge in [-0.15, -0.1) is 0 Å². The van der Waals surface area contributed by atoms with Crippen molar-refractivity contribution >= 4 is 27.6 Å². The molecular formula is C12H21BrN4. The quantitative estimate of drug-likeness (QED) is 0.839. The summed E-state index contributed by atoms with van der Waals surface area (Å²) in [4.78, 5) is 10.9. The van der Waals surface area contributed by atoms with E-state index in [4.69, 9.17) is 0 Å². The lowest BCUT2D eigenvalue weighted by Gasteiger charge is -2.24. The van der Waals surface area contributed by atoms with Gasteiger partial charge in [-0.2, -0.15) is 0 Å². The predicted octanol–water partition coefficient (Wildman–Crippen LogP) is 3.30. The molecule has 96 valence electrons. The summed E-state index contributed by atoms with van der Waals surface area (Å²) in [6, 6.07) is 0. The molecule has 0 saturated heterocycles. The third-order valence-corrected chi connectivity index (χ3v) is 3.13. The molecule has 1 rings (SSSR count). The number of nitrogens with zero attached hydrogens (tertiary/aromatic N) is 3. The molecule has 0 spiro atoms. The van der Waals surface area contributed by atoms with Crippen LogP contribution in [-0.4, -0.2) is 29.6 Å². The van der Waals surface area contributed by atoms with Crippen molar-refractivity contribution in [1.29, 1.82) is 0 Å². The SMILES string of the molecule is CCCN(CCC)c1ncnc(NCC)c1Br. The zero-order chi connectivity index (χ0) is 12.7. The Morgan fingerprint density at radius 3 is 2.35 bits per heavy atom. The molecule has 4 nitrogen and oxygen atoms in total. The molecule has 0 amide bonds. The largest absolute Gasteiger partial charge is 0.369 e. The van der Waals surface area contributed by atoms with Crippen LogP contribution in [0.25, 0.3) is 0 Å². The van der Waals surface area contributed by atoms with Gasteiger partial charge in [0.15, 0.2) is 0 Å². The summed E-state index contributed by atoms with van der Waals surface area (Å²) >= 11 is 3.59. The van der Waals surface area contributed by atoms with Gasteiger partial charge in [0.2, 0.25) is 0 Å². The van der Waals surface area contributed by atoms with E-state index in [1.807, 2.05) is 0 Å². The summed E-state index contributed by atoms with van der Waals surface area (Å²) in [6.45, 7) is 9.33. The number of nitrogens with one attached hydrogen (secondary N) is 1. The molecule has 0 aliphatic rings. The first-order chi connectivity index (χ1) is 8.24. The van der Waals surface area contributed by atoms with Crippen molar-refractivity contribution in [2.45, 2.75) is 33.6 Å². The highest BCUT2D eigenvalue weighted by atomic mass is 79.9. The van der Waals surface area contributed by atoms with Crippen LogP contribution < -0.4 is 10.2 Å². The van der Waals surface area contributed by atoms with Crippen LogP contribution in [-0.2, 0) is 0 Å². The van der Waals surface area contributed by atoms with Crippen LogP contribution in [0, 0.1) is 0 Å². The summed E-state index contributed by atoms with van der Waals surface area (Å²) in [5.41, 5.74) is 0. The molecule has 1 aromatic rings. The van der Waals surface area contributed by atoms with Gasteiger partial charge in [0, 0.05) is 19.6 Å². The molecule has 1 N–H and O–H groups in total. The molecule has 0 aliphatic heterocycles. The Morgan fingerprint density at radius 2 is 1.82 bits per heavy atom. The monoisotopic (exact) mass is 300 g/mol. The number of aromatic nitrogens is 2. The first-order valence-corrected chi connectivity index (χ1v) is 7.03. The zero-order valence-corrected chi connectivity index (χ0v) is 12.4. The molecule has 0 fully saturated rings. The Kier molecular flexibility index (Phi) is 6.26. The molecule has 1 heterocycles. The third-order valence-electron chi connectivity index (χ3n) is 2.40. The molecule has 0 bridgehead atoms. The molecule has 5 heteroatoms. The molecule has 0 aromatic carbocycles. The minimum atomic E-state index is 0.858. The molecule has 0 unspecified atom stereocenters. The molecule has 0 saturated carbocycles. The van der Waals surface area contributed by atoms with Gasteiger partial charge < -0.3 is 10.2 Å². The second kappa shape index (κ2) is 7.48. The Hall–Kier alpha value is -0.840. The first-order valence-electron chi connectivity index (χ1n) is 6.23. The second-order valence-corrected chi connectivity index (χ2v) is 4.67. The Balaban J connectivity index is 2.97. The maximum Gasteiger partial charge on any atom is 0.148 e. The smallest absolute Gasteiger partial charge is 0.148 e. The van der Waals surface area contributed by atoms with Crippen LogP contribution in [0.15, 0.2) is 10.8 Å². The van der Waals surface area contributed by atoms with Crippen LogP contribution in [0.1, 0.15) is 33.6 Å². The van der Waals surface area contributed by atoms with Crippen LogP contribution in [0.5, 0.6) is 0 Å². The predicted molar refractivity (Wildman–Crippen MR) is 76.7 cm³/mol. The van der Waals surface area contributed by atoms with Crippen molar-refractivity contribution in [1.82, 2.24) is 9.97 Å². The van der Waals surface area contributed by atoms with Crippen molar-refractivity contribution in [3.05, 3.63) is 10.8 Å². The zero-order valence-electron chi connectivity index (χ0n) is 10.8. The van der Waals surface area contributed by atoms with E-state index in [1.54, 1.807) is 6.33 Å². The van der Waals surface area contributed by atoms with Gasteiger partial charge in [0.25, 0.3) is 0 Å². The van der Waals surface area contributed by atoms with E-state index in [0.29, 0.717) is 0 Å². The van der Waals surface area contributed by atoms with Gasteiger partial charge >= 0.3 is 0 Å². The van der Waals surface area contributed by atoms with Crippen molar-refractivity contribution in [2.75, 3.05) is 29.9 Å². The topological polar surface area (TPSA) is 41.1 Å². The summed E-state index contributed by atoms with van der Waals surface area (Å²) in [6.07, 6.45) is 3.86. The highest BCUT2D eigenvalue weighted by Crippen LogP contribution is 2.29. The molecule has 0 atom stereocenters. The fourth-order valence-corrected chi connectivity index (χ4v) is 2.33. The van der Waals surface area contributed by atoms with Crippen molar-refractivity contribution in [2.24, 2.45) is 0 Å². The fraction of sp³-hybridized carbons (Fsp3) is 0.667. The highest BCUT2D eigenvalue weighted by molar-refractivity contribution is 9.10. The average Bonchev–Trinajstić information content (AvgIpc) is 2.32. The van der Waals surface area contributed by atoms with Gasteiger partial charge in [-0.1, -0.05) is 13.8 Å². The third kappa shape index (κ3) is 3.84. The lowest BCUT2D eigenvalue weighted by Crippen LogP contribution is -2.26. The van der Waals surface area contributed by atoms with Gasteiger partial charge in [-0.3, -0.25) is 0 Å². The van der Waals surface area contributed by atoms with E-state index in [1.165, 1.54) is 0 Å². The van der Waals surface area contributed by atoms with Crippen molar-refractivity contribution < 1.29 is 0 Å². The fourth-order valence-electron chi connectivity index (χ4n) is 1.74. The normalized spacial score (nSPS) is 10.4. The van der Waals surface area contributed by atoms with Gasteiger partial charge in [0.05, 0.1) is 0 Å². The van der Waals surface area contributed by atoms with Crippen molar-refractivity contribution in [3.63, 3.8) is 0 Å². The van der Waals surface area contributed by atoms with Gasteiger partial charge in [-0.05, 0) is 35.7 Å². The standard InChI is InChI=1S/C12H21BrN4/c1-4-7-17(8-5-2)12-10(13)11(14-6-3)15-9-16-12/h9H,4-8H2,1-3H3,(H,14,15,16). The van der Waals surface area contributed by atoms with Gasteiger partial charge in [-0.25, -0.2) is 9.97 Å². The number of rotatable bonds is 7. The van der Waals surface area contributed by atoms with Crippen molar-refractivity contribution in [3.8, 4) is 0 Å². The lowest BCUT2D eigenvalue weighted by atomic mass is 10.3. The van der Waals surface area contributed by atoms with Gasteiger partial charge in [0.1, 0.15) is 22.4 Å². The second-order valence-electron chi connectivity index (χ2n) is 3.88. The summed E-state index contributed by atoms with van der Waals surface area (Å²) in [5, 5.41) is 3.23. The van der Waals surface area contributed by atoms with E-state index in [2.05, 4.69) is 56.9 Å². The Bertz CT molecular complexity index is 337. The molecule has 1 aromatic heterocycles. The van der Waals surface area contributed by atoms with E-state index >= 15 is 0 Å². The number of halogens is 1. The minimum Gasteiger partial charge on any atom is -0.369 e. The lowest BCUT2D eigenvalue weighted by molar-refractivity contribution is 0.731. The Morgan fingerprint density at radius 1 is 1.18 bits per heavy atom. The van der Waals surface area contributed by atoms with E-state index in [9.17, 15) is 0 Å². The average molecular weight is 301 g/mol. The first kappa shape index (κ1) is 14.2. The maximum absolute atomic E-state index is 4.39. The maximum atomic E-state index is 4.39. The highest BCUT2D eigenvalue weighted by Gasteiger charge is 2.13. The molecular weight excluding hydrogens is 280 g/mol. The molecule has 0 radical (unpaired) electrons. The van der Waals surface area contributed by atoms with Crippen LogP contribution in [0.2, 0.25) is 0 Å². The Labute approximate surface area is 112 Å². The van der Waals surface area contributed by atoms with E-state index in [0.717, 1.165) is 48.6 Å². The minimum absolute atomic E-state index is 0.858. The van der Waals surface area contributed by atoms with E-state index < -0.39 is 0 Å². The number of hydrogen-bond donors (Lipinski definition) is 1. The number of anilines is 2.